The van der Waals surface area contributed by atoms with Crippen molar-refractivity contribution in [1.29, 1.82) is 0 Å². The fourth-order valence-corrected chi connectivity index (χ4v) is 2.87. The molecule has 0 saturated heterocycles. The van der Waals surface area contributed by atoms with Crippen LogP contribution in [0.5, 0.6) is 0 Å². The van der Waals surface area contributed by atoms with Gasteiger partial charge in [0.2, 0.25) is 0 Å². The van der Waals surface area contributed by atoms with Crippen molar-refractivity contribution in [2.45, 2.75) is 32.4 Å². The van der Waals surface area contributed by atoms with Gasteiger partial charge in [-0.05, 0) is 34.7 Å². The maximum absolute atomic E-state index is 5.70. The molecule has 0 fully saturated rings. The molecule has 0 spiro atoms. The van der Waals surface area contributed by atoms with Crippen molar-refractivity contribution in [2.75, 3.05) is 18.1 Å². The fraction of sp³-hybridized carbons (Fsp3) is 0.500. The smallest absolute Gasteiger partial charge is 0.154 e. The number of hydrogen-bond donors (Lipinski definition) is 0. The normalized spacial score (nSPS) is 15.6. The maximum Gasteiger partial charge on any atom is 0.154 e. The Hall–Kier alpha value is -0.603. The van der Waals surface area contributed by atoms with E-state index in [-0.39, 0.29) is 0 Å². The first-order chi connectivity index (χ1) is 9.44. The van der Waals surface area contributed by atoms with Crippen LogP contribution in [0, 0.1) is 0 Å². The van der Waals surface area contributed by atoms with E-state index in [0.29, 0.717) is 6.73 Å². The van der Waals surface area contributed by atoms with E-state index in [1.165, 1.54) is 9.62 Å². The molecule has 4 nitrogen and oxygen atoms in total. The third-order valence-corrected chi connectivity index (χ3v) is 5.54. The lowest BCUT2D eigenvalue weighted by molar-refractivity contribution is 0.0787. The molecule has 0 aromatic carbocycles. The first-order valence-corrected chi connectivity index (χ1v) is 11.6. The maximum atomic E-state index is 5.70. The van der Waals surface area contributed by atoms with Crippen molar-refractivity contribution in [1.82, 2.24) is 9.78 Å². The predicted octanol–water partition coefficient (Wildman–Crippen LogP) is 3.85. The number of nitrogens with zero attached hydrogens (tertiary/aromatic N) is 3. The minimum absolute atomic E-state index is 0.537. The number of allylic oxidation sites excluding steroid dienone is 2. The van der Waals surface area contributed by atoms with Crippen LogP contribution in [-0.4, -0.2) is 31.0 Å². The Kier molecular flexibility index (Phi) is 5.45. The average Bonchev–Trinajstić information content (AvgIpc) is 2.83. The second-order valence-corrected chi connectivity index (χ2v) is 13.0. The third-order valence-electron chi connectivity index (χ3n) is 3.04. The molecular weight excluding hydrogens is 381 g/mol. The molecule has 1 aliphatic heterocycles. The van der Waals surface area contributed by atoms with E-state index in [1.807, 2.05) is 16.9 Å². The number of halogens is 1. The largest absolute Gasteiger partial charge is 0.360 e. The van der Waals surface area contributed by atoms with E-state index < -0.39 is 8.07 Å². The lowest BCUT2D eigenvalue weighted by Gasteiger charge is -2.18. The van der Waals surface area contributed by atoms with Gasteiger partial charge in [-0.2, -0.15) is 5.10 Å². The molecule has 0 N–H and O–H groups in total. The molecule has 1 aliphatic rings. The Bertz CT molecular complexity index is 505. The number of aromatic nitrogens is 2. The molecule has 0 atom stereocenters. The molecule has 2 heterocycles. The molecule has 0 saturated carbocycles. The van der Waals surface area contributed by atoms with Crippen LogP contribution in [0.1, 0.15) is 0 Å². The first kappa shape index (κ1) is 15.8. The predicted molar refractivity (Wildman–Crippen MR) is 94.9 cm³/mol. The number of hydrogen-bond acceptors (Lipinski definition) is 3. The van der Waals surface area contributed by atoms with Crippen molar-refractivity contribution >= 4 is 36.5 Å². The van der Waals surface area contributed by atoms with Crippen molar-refractivity contribution < 1.29 is 4.74 Å². The molecule has 20 heavy (non-hydrogen) atoms. The Morgan fingerprint density at radius 1 is 1.40 bits per heavy atom. The van der Waals surface area contributed by atoms with E-state index >= 15 is 0 Å². The Morgan fingerprint density at radius 2 is 2.20 bits per heavy atom. The summed E-state index contributed by atoms with van der Waals surface area (Å²) in [6.45, 7) is 9.33. The summed E-state index contributed by atoms with van der Waals surface area (Å²) >= 11 is 2.33. The molecule has 110 valence electrons. The lowest BCUT2D eigenvalue weighted by Crippen LogP contribution is -2.22. The van der Waals surface area contributed by atoms with Gasteiger partial charge in [0.25, 0.3) is 0 Å². The summed E-state index contributed by atoms with van der Waals surface area (Å²) in [4.78, 5) is 2.13. The van der Waals surface area contributed by atoms with E-state index in [1.54, 1.807) is 0 Å². The topological polar surface area (TPSA) is 30.3 Å². The second kappa shape index (κ2) is 6.90. The van der Waals surface area contributed by atoms with E-state index in [2.05, 4.69) is 70.6 Å². The highest BCUT2D eigenvalue weighted by Crippen LogP contribution is 2.18. The first-order valence-electron chi connectivity index (χ1n) is 6.86. The highest BCUT2D eigenvalue weighted by atomic mass is 127. The summed E-state index contributed by atoms with van der Waals surface area (Å²) in [6, 6.07) is 3.22. The molecule has 0 unspecified atom stereocenters. The third kappa shape index (κ3) is 5.06. The Morgan fingerprint density at radius 3 is 2.85 bits per heavy atom. The SMILES string of the molecule is C[Si](C)(C)CCOCn1ccc(N2C=CC(I)=CC2)n1. The van der Waals surface area contributed by atoms with Crippen molar-refractivity contribution in [3.63, 3.8) is 0 Å². The fourth-order valence-electron chi connectivity index (χ4n) is 1.76. The van der Waals surface area contributed by atoms with E-state index in [4.69, 9.17) is 4.74 Å². The van der Waals surface area contributed by atoms with E-state index in [9.17, 15) is 0 Å². The molecule has 1 aromatic rings. The van der Waals surface area contributed by atoms with Crippen molar-refractivity contribution in [3.05, 3.63) is 34.2 Å². The van der Waals surface area contributed by atoms with Gasteiger partial charge in [-0.3, -0.25) is 0 Å². The number of rotatable bonds is 6. The molecule has 0 aliphatic carbocycles. The van der Waals surface area contributed by atoms with Crippen LogP contribution < -0.4 is 4.90 Å². The molecule has 1 aromatic heterocycles. The van der Waals surface area contributed by atoms with E-state index in [0.717, 1.165) is 19.0 Å². The van der Waals surface area contributed by atoms with Crippen LogP contribution in [0.15, 0.2) is 34.2 Å². The van der Waals surface area contributed by atoms with Gasteiger partial charge in [0.1, 0.15) is 6.73 Å². The molecule has 2 rings (SSSR count). The zero-order valence-electron chi connectivity index (χ0n) is 12.3. The highest BCUT2D eigenvalue weighted by Gasteiger charge is 2.12. The minimum Gasteiger partial charge on any atom is -0.360 e. The van der Waals surface area contributed by atoms with Crippen LogP contribution in [0.3, 0.4) is 0 Å². The number of ether oxygens (including phenoxy) is 1. The van der Waals surface area contributed by atoms with Crippen LogP contribution >= 0.6 is 22.6 Å². The van der Waals surface area contributed by atoms with Crippen LogP contribution in [0.25, 0.3) is 0 Å². The summed E-state index contributed by atoms with van der Waals surface area (Å²) in [6.07, 6.45) is 8.32. The molecule has 6 heteroatoms. The zero-order chi connectivity index (χ0) is 14.6. The summed E-state index contributed by atoms with van der Waals surface area (Å²) in [7, 11) is -1.00. The van der Waals surface area contributed by atoms with Crippen molar-refractivity contribution in [3.8, 4) is 0 Å². The van der Waals surface area contributed by atoms with Gasteiger partial charge in [0.05, 0.1) is 0 Å². The summed E-state index contributed by atoms with van der Waals surface area (Å²) < 4.78 is 8.83. The molecule has 0 amide bonds. The Balaban J connectivity index is 1.80. The summed E-state index contributed by atoms with van der Waals surface area (Å²) in [5, 5.41) is 4.54. The molecule has 0 radical (unpaired) electrons. The molecular formula is C14H22IN3OSi. The average molecular weight is 403 g/mol. The van der Waals surface area contributed by atoms with Gasteiger partial charge < -0.3 is 9.64 Å². The van der Waals surface area contributed by atoms with Crippen molar-refractivity contribution in [2.24, 2.45) is 0 Å². The minimum atomic E-state index is -1.00. The van der Waals surface area contributed by atoms with Crippen LogP contribution in [-0.2, 0) is 11.5 Å². The lowest BCUT2D eigenvalue weighted by atomic mass is 10.3. The van der Waals surface area contributed by atoms with Gasteiger partial charge >= 0.3 is 0 Å². The zero-order valence-corrected chi connectivity index (χ0v) is 15.5. The number of anilines is 1. The monoisotopic (exact) mass is 403 g/mol. The molecule has 0 bridgehead atoms. The van der Waals surface area contributed by atoms with Gasteiger partial charge in [0, 0.05) is 43.3 Å². The van der Waals surface area contributed by atoms with Gasteiger partial charge in [-0.25, -0.2) is 4.68 Å². The van der Waals surface area contributed by atoms with Crippen LogP contribution in [0.2, 0.25) is 25.7 Å². The van der Waals surface area contributed by atoms with Crippen LogP contribution in [0.4, 0.5) is 5.82 Å². The standard InChI is InChI=1S/C14H22IN3OSi/c1-20(2,3)11-10-19-12-18-9-6-14(16-18)17-7-4-13(15)5-8-17/h4-7,9H,8,10-12H2,1-3H3. The summed E-state index contributed by atoms with van der Waals surface area (Å²) in [5.41, 5.74) is 0. The van der Waals surface area contributed by atoms with Gasteiger partial charge in [-0.15, -0.1) is 0 Å². The Labute approximate surface area is 135 Å². The van der Waals surface area contributed by atoms with Gasteiger partial charge in [0.15, 0.2) is 5.82 Å². The van der Waals surface area contributed by atoms with Gasteiger partial charge in [-0.1, -0.05) is 25.7 Å². The quantitative estimate of drug-likeness (QED) is 0.411. The highest BCUT2D eigenvalue weighted by molar-refractivity contribution is 14.1. The second-order valence-electron chi connectivity index (χ2n) is 6.12. The summed E-state index contributed by atoms with van der Waals surface area (Å²) in [5.74, 6) is 0.968.